The Hall–Kier alpha value is -2.55. The van der Waals surface area contributed by atoms with Gasteiger partial charge in [0.2, 0.25) is 0 Å². The summed E-state index contributed by atoms with van der Waals surface area (Å²) >= 11 is 7.50. The largest absolute Gasteiger partial charge is 0.378 e. The number of aliphatic hydroxyl groups is 1. The lowest BCUT2D eigenvalue weighted by Gasteiger charge is -2.30. The van der Waals surface area contributed by atoms with E-state index < -0.39 is 17.8 Å². The highest BCUT2D eigenvalue weighted by molar-refractivity contribution is 7.10. The third kappa shape index (κ3) is 3.87. The van der Waals surface area contributed by atoms with E-state index in [4.69, 9.17) is 16.6 Å². The molecule has 1 amide bonds. The van der Waals surface area contributed by atoms with Gasteiger partial charge in [0.25, 0.3) is 11.5 Å². The molecule has 0 radical (unpaired) electrons. The molecule has 1 saturated carbocycles. The van der Waals surface area contributed by atoms with Gasteiger partial charge >= 0.3 is 0 Å². The number of rotatable bonds is 5. The molecule has 1 unspecified atom stereocenters. The number of hydrogen-bond donors (Lipinski definition) is 2. The van der Waals surface area contributed by atoms with Gasteiger partial charge in [-0.2, -0.15) is 0 Å². The zero-order valence-electron chi connectivity index (χ0n) is 18.9. The number of H-pyrrole nitrogens is 1. The topological polar surface area (TPSA) is 86.3 Å². The molecule has 1 fully saturated rings. The molecule has 2 aliphatic rings. The van der Waals surface area contributed by atoms with Gasteiger partial charge in [-0.15, -0.1) is 11.3 Å². The fourth-order valence-corrected chi connectivity index (χ4v) is 6.02. The van der Waals surface area contributed by atoms with E-state index >= 15 is 0 Å². The average Bonchev–Trinajstić information content (AvgIpc) is 3.48. The number of carbonyl (C=O) groups excluding carboxylic acids is 1. The maximum atomic E-state index is 14.3. The minimum absolute atomic E-state index is 0.0134. The van der Waals surface area contributed by atoms with Crippen LogP contribution in [0.5, 0.6) is 0 Å². The molecule has 0 saturated heterocycles. The van der Waals surface area contributed by atoms with E-state index in [-0.39, 0.29) is 34.6 Å². The summed E-state index contributed by atoms with van der Waals surface area (Å²) < 4.78 is 14.3. The molecule has 1 aliphatic heterocycles. The Morgan fingerprint density at radius 1 is 1.35 bits per heavy atom. The van der Waals surface area contributed by atoms with Gasteiger partial charge in [-0.3, -0.25) is 9.59 Å². The van der Waals surface area contributed by atoms with Crippen molar-refractivity contribution >= 4 is 28.8 Å². The highest BCUT2D eigenvalue weighted by atomic mass is 35.5. The lowest BCUT2D eigenvalue weighted by atomic mass is 9.99. The van der Waals surface area contributed by atoms with E-state index in [9.17, 15) is 19.1 Å². The maximum Gasteiger partial charge on any atom is 0.256 e. The van der Waals surface area contributed by atoms with Crippen LogP contribution in [0.3, 0.4) is 0 Å². The molecule has 1 aliphatic carbocycles. The van der Waals surface area contributed by atoms with Gasteiger partial charge in [-0.05, 0) is 41.8 Å². The van der Waals surface area contributed by atoms with Crippen molar-refractivity contribution in [3.63, 3.8) is 0 Å². The third-order valence-corrected chi connectivity index (χ3v) is 8.30. The van der Waals surface area contributed by atoms with Gasteiger partial charge < -0.3 is 15.0 Å². The van der Waals surface area contributed by atoms with Crippen LogP contribution >= 0.6 is 22.9 Å². The van der Waals surface area contributed by atoms with Gasteiger partial charge in [0.15, 0.2) is 6.10 Å². The third-order valence-electron chi connectivity index (χ3n) is 6.85. The van der Waals surface area contributed by atoms with Gasteiger partial charge in [0, 0.05) is 23.4 Å². The molecule has 5 rings (SSSR count). The van der Waals surface area contributed by atoms with Crippen LogP contribution in [-0.2, 0) is 23.2 Å². The van der Waals surface area contributed by atoms with Crippen LogP contribution in [-0.4, -0.2) is 32.4 Å². The summed E-state index contributed by atoms with van der Waals surface area (Å²) in [5.41, 5.74) is 1.69. The second-order valence-corrected chi connectivity index (χ2v) is 10.7. The standard InChI is InChI=1S/C25H25ClFN3O3S/c1-13(2)14-10-19(34-12-14)25(7-8-25)24-28-18-6-9-30(11-16(18)22(32)29-24)23(33)21(31)15-4-3-5-17(26)20(15)27/h3-5,10,12-13,21,31H,6-9,11H2,1-2H3,(H,28,29,32). The molecule has 3 heterocycles. The number of nitrogens with one attached hydrogen (secondary N) is 1. The van der Waals surface area contributed by atoms with Crippen LogP contribution in [0.1, 0.15) is 71.8 Å². The van der Waals surface area contributed by atoms with Crippen molar-refractivity contribution in [1.29, 1.82) is 0 Å². The summed E-state index contributed by atoms with van der Waals surface area (Å²) in [6.07, 6.45) is 0.569. The quantitative estimate of drug-likeness (QED) is 0.541. The number of aliphatic hydroxyl groups excluding tert-OH is 1. The average molecular weight is 502 g/mol. The minimum Gasteiger partial charge on any atom is -0.378 e. The molecule has 0 bridgehead atoms. The number of fused-ring (bicyclic) bond motifs is 1. The van der Waals surface area contributed by atoms with Crippen LogP contribution < -0.4 is 5.56 Å². The number of carbonyl (C=O) groups is 1. The van der Waals surface area contributed by atoms with Crippen molar-refractivity contribution in [1.82, 2.24) is 14.9 Å². The Balaban J connectivity index is 1.40. The van der Waals surface area contributed by atoms with Gasteiger partial charge in [-0.25, -0.2) is 9.37 Å². The summed E-state index contributed by atoms with van der Waals surface area (Å²) in [6.45, 7) is 4.62. The molecule has 6 nitrogen and oxygen atoms in total. The molecule has 2 aromatic heterocycles. The fraction of sp³-hybridized carbons (Fsp3) is 0.400. The van der Waals surface area contributed by atoms with Crippen molar-refractivity contribution < 1.29 is 14.3 Å². The second-order valence-electron chi connectivity index (χ2n) is 9.38. The Bertz CT molecular complexity index is 1330. The second kappa shape index (κ2) is 8.59. The van der Waals surface area contributed by atoms with E-state index in [1.165, 1.54) is 33.5 Å². The molecule has 1 atom stereocenters. The summed E-state index contributed by atoms with van der Waals surface area (Å²) in [5, 5.41) is 12.5. The maximum absolute atomic E-state index is 14.3. The van der Waals surface area contributed by atoms with Crippen molar-refractivity contribution in [2.75, 3.05) is 6.54 Å². The molecular formula is C25H25ClFN3O3S. The van der Waals surface area contributed by atoms with Crippen molar-refractivity contribution in [3.8, 4) is 0 Å². The fourth-order valence-electron chi connectivity index (χ4n) is 4.51. The smallest absolute Gasteiger partial charge is 0.256 e. The lowest BCUT2D eigenvalue weighted by Crippen LogP contribution is -2.42. The Morgan fingerprint density at radius 2 is 2.12 bits per heavy atom. The van der Waals surface area contributed by atoms with E-state index in [0.29, 0.717) is 29.4 Å². The van der Waals surface area contributed by atoms with Gasteiger partial charge in [-0.1, -0.05) is 37.6 Å². The number of nitrogens with zero attached hydrogens (tertiary/aromatic N) is 2. The van der Waals surface area contributed by atoms with Crippen molar-refractivity contribution in [2.24, 2.45) is 0 Å². The zero-order chi connectivity index (χ0) is 24.2. The Morgan fingerprint density at radius 3 is 2.79 bits per heavy atom. The SMILES string of the molecule is CC(C)c1csc(C2(c3nc4c(c(=O)[nH]3)CN(C(=O)C(O)c3cccc(Cl)c3F)CC4)CC2)c1. The van der Waals surface area contributed by atoms with Gasteiger partial charge in [0.05, 0.1) is 28.2 Å². The summed E-state index contributed by atoms with van der Waals surface area (Å²) in [4.78, 5) is 36.3. The van der Waals surface area contributed by atoms with Crippen molar-refractivity contribution in [2.45, 2.75) is 57.1 Å². The predicted octanol–water partition coefficient (Wildman–Crippen LogP) is 4.45. The number of halogens is 2. The highest BCUT2D eigenvalue weighted by Crippen LogP contribution is 2.54. The van der Waals surface area contributed by atoms with Crippen LogP contribution in [0.25, 0.3) is 0 Å². The molecule has 0 spiro atoms. The predicted molar refractivity (Wildman–Crippen MR) is 129 cm³/mol. The number of benzene rings is 1. The minimum atomic E-state index is -1.70. The van der Waals surface area contributed by atoms with Gasteiger partial charge in [0.1, 0.15) is 11.6 Å². The molecule has 9 heteroatoms. The summed E-state index contributed by atoms with van der Waals surface area (Å²) in [6, 6.07) is 6.37. The van der Waals surface area contributed by atoms with E-state index in [2.05, 4.69) is 30.3 Å². The monoisotopic (exact) mass is 501 g/mol. The zero-order valence-corrected chi connectivity index (χ0v) is 20.5. The number of aromatic nitrogens is 2. The molecular weight excluding hydrogens is 477 g/mol. The van der Waals surface area contributed by atoms with Crippen LogP contribution in [0, 0.1) is 5.82 Å². The van der Waals surface area contributed by atoms with Crippen LogP contribution in [0.15, 0.2) is 34.4 Å². The highest BCUT2D eigenvalue weighted by Gasteiger charge is 2.50. The van der Waals surface area contributed by atoms with Crippen LogP contribution in [0.2, 0.25) is 5.02 Å². The summed E-state index contributed by atoms with van der Waals surface area (Å²) in [5.74, 6) is -0.367. The van der Waals surface area contributed by atoms with E-state index in [1.54, 1.807) is 11.3 Å². The normalized spacial score (nSPS) is 17.5. The first-order valence-electron chi connectivity index (χ1n) is 11.3. The lowest BCUT2D eigenvalue weighted by molar-refractivity contribution is -0.141. The Labute approximate surface area is 205 Å². The Kier molecular flexibility index (Phi) is 5.86. The number of hydrogen-bond acceptors (Lipinski definition) is 5. The number of amides is 1. The first-order chi connectivity index (χ1) is 16.2. The van der Waals surface area contributed by atoms with E-state index in [1.807, 2.05) is 0 Å². The van der Waals surface area contributed by atoms with Crippen molar-refractivity contribution in [3.05, 3.63) is 83.9 Å². The first kappa shape index (κ1) is 23.2. The molecule has 34 heavy (non-hydrogen) atoms. The summed E-state index contributed by atoms with van der Waals surface area (Å²) in [7, 11) is 0. The number of aromatic amines is 1. The molecule has 1 aromatic carbocycles. The first-order valence-corrected chi connectivity index (χ1v) is 12.6. The van der Waals surface area contributed by atoms with Crippen LogP contribution in [0.4, 0.5) is 4.39 Å². The van der Waals surface area contributed by atoms with E-state index in [0.717, 1.165) is 12.8 Å². The molecule has 3 aromatic rings. The molecule has 178 valence electrons. The molecule has 2 N–H and O–H groups in total. The number of thiophene rings is 1.